The number of aromatic amines is 1. The Bertz CT molecular complexity index is 1080. The average molecular weight is 394 g/mol. The van der Waals surface area contributed by atoms with Crippen LogP contribution in [0.5, 0.6) is 0 Å². The van der Waals surface area contributed by atoms with E-state index in [4.69, 9.17) is 4.74 Å². The molecule has 0 saturated carbocycles. The highest BCUT2D eigenvalue weighted by Gasteiger charge is 2.18. The van der Waals surface area contributed by atoms with Gasteiger partial charge >= 0.3 is 5.97 Å². The van der Waals surface area contributed by atoms with E-state index in [-0.39, 0.29) is 17.3 Å². The monoisotopic (exact) mass is 394 g/mol. The lowest BCUT2D eigenvalue weighted by atomic mass is 10.1. The number of anilines is 1. The van der Waals surface area contributed by atoms with Crippen LogP contribution in [-0.4, -0.2) is 26.8 Å². The Morgan fingerprint density at radius 2 is 1.97 bits per heavy atom. The van der Waals surface area contributed by atoms with Gasteiger partial charge in [-0.2, -0.15) is 0 Å². The van der Waals surface area contributed by atoms with Gasteiger partial charge in [-0.1, -0.05) is 24.3 Å². The van der Waals surface area contributed by atoms with Gasteiger partial charge < -0.3 is 15.0 Å². The summed E-state index contributed by atoms with van der Waals surface area (Å²) in [4.78, 5) is 41.0. The Labute approximate surface area is 165 Å². The van der Waals surface area contributed by atoms with Crippen molar-refractivity contribution in [3.8, 4) is 11.4 Å². The largest absolute Gasteiger partial charge is 0.453 e. The summed E-state index contributed by atoms with van der Waals surface area (Å²) >= 11 is 0. The van der Waals surface area contributed by atoms with Crippen LogP contribution in [0, 0.1) is 10.1 Å². The van der Waals surface area contributed by atoms with Crippen molar-refractivity contribution < 1.29 is 19.2 Å². The molecule has 0 aliphatic rings. The Morgan fingerprint density at radius 3 is 2.69 bits per heavy atom. The molecule has 1 heterocycles. The van der Waals surface area contributed by atoms with E-state index in [1.54, 1.807) is 37.3 Å². The summed E-state index contributed by atoms with van der Waals surface area (Å²) in [7, 11) is 0. The number of nitrogens with one attached hydrogen (secondary N) is 2. The van der Waals surface area contributed by atoms with Crippen LogP contribution in [0.15, 0.2) is 54.7 Å². The number of benzene rings is 2. The van der Waals surface area contributed by atoms with Gasteiger partial charge in [-0.3, -0.25) is 14.9 Å². The van der Waals surface area contributed by atoms with Crippen LogP contribution in [0.3, 0.4) is 0 Å². The second-order valence-electron chi connectivity index (χ2n) is 6.31. The fraction of sp³-hybridized carbons (Fsp3) is 0.150. The summed E-state index contributed by atoms with van der Waals surface area (Å²) in [6.45, 7) is 3.12. The van der Waals surface area contributed by atoms with Crippen molar-refractivity contribution in [2.24, 2.45) is 0 Å². The molecular weight excluding hydrogens is 376 g/mol. The zero-order valence-electron chi connectivity index (χ0n) is 15.7. The molecule has 0 aliphatic heterocycles. The van der Waals surface area contributed by atoms with Gasteiger partial charge in [-0.25, -0.2) is 9.78 Å². The first-order valence-electron chi connectivity index (χ1n) is 8.72. The Kier molecular flexibility index (Phi) is 5.68. The van der Waals surface area contributed by atoms with Gasteiger partial charge in [-0.05, 0) is 24.6 Å². The van der Waals surface area contributed by atoms with Gasteiger partial charge in [0.1, 0.15) is 17.6 Å². The van der Waals surface area contributed by atoms with Gasteiger partial charge in [-0.15, -0.1) is 0 Å². The number of ether oxygens (including phenoxy) is 1. The number of H-pyrrole nitrogens is 1. The molecule has 9 nitrogen and oxygen atoms in total. The van der Waals surface area contributed by atoms with Crippen molar-refractivity contribution >= 4 is 23.3 Å². The number of non-ortho nitro benzene ring substituents is 1. The van der Waals surface area contributed by atoms with Gasteiger partial charge in [0.05, 0.1) is 11.1 Å². The Hall–Kier alpha value is -4.01. The van der Waals surface area contributed by atoms with Gasteiger partial charge in [0.25, 0.3) is 5.69 Å². The Morgan fingerprint density at radius 1 is 1.21 bits per heavy atom. The number of hydrogen-bond donors (Lipinski definition) is 2. The van der Waals surface area contributed by atoms with E-state index in [0.29, 0.717) is 22.6 Å². The fourth-order valence-corrected chi connectivity index (χ4v) is 2.70. The molecule has 0 aliphatic carbocycles. The molecule has 3 rings (SSSR count). The molecule has 0 fully saturated rings. The molecule has 2 N–H and O–H groups in total. The highest BCUT2D eigenvalue weighted by Crippen LogP contribution is 2.24. The molecule has 0 radical (unpaired) electrons. The molecule has 1 aromatic heterocycles. The third kappa shape index (κ3) is 4.83. The van der Waals surface area contributed by atoms with Crippen LogP contribution in [0.1, 0.15) is 36.0 Å². The summed E-state index contributed by atoms with van der Waals surface area (Å²) in [6, 6.07) is 12.9. The topological polar surface area (TPSA) is 127 Å². The summed E-state index contributed by atoms with van der Waals surface area (Å²) in [5.74, 6) is -0.495. The zero-order valence-corrected chi connectivity index (χ0v) is 15.7. The quantitative estimate of drug-likeness (QED) is 0.371. The van der Waals surface area contributed by atoms with Gasteiger partial charge in [0.15, 0.2) is 0 Å². The lowest BCUT2D eigenvalue weighted by molar-refractivity contribution is -0.384. The van der Waals surface area contributed by atoms with Crippen molar-refractivity contribution in [2.45, 2.75) is 20.0 Å². The molecule has 0 saturated heterocycles. The van der Waals surface area contributed by atoms with Crippen LogP contribution < -0.4 is 5.32 Å². The van der Waals surface area contributed by atoms with Crippen LogP contribution in [0.25, 0.3) is 11.4 Å². The van der Waals surface area contributed by atoms with Crippen LogP contribution >= 0.6 is 0 Å². The number of hydrogen-bond acceptors (Lipinski definition) is 6. The van der Waals surface area contributed by atoms with E-state index in [9.17, 15) is 19.7 Å². The molecule has 0 unspecified atom stereocenters. The van der Waals surface area contributed by atoms with Crippen molar-refractivity contribution in [1.82, 2.24) is 9.97 Å². The number of carbonyl (C=O) groups excluding carboxylic acids is 2. The van der Waals surface area contributed by atoms with E-state index >= 15 is 0 Å². The number of amides is 1. The van der Waals surface area contributed by atoms with E-state index in [2.05, 4.69) is 15.3 Å². The van der Waals surface area contributed by atoms with Crippen molar-refractivity contribution in [2.75, 3.05) is 5.32 Å². The number of aromatic nitrogens is 2. The molecule has 29 heavy (non-hydrogen) atoms. The van der Waals surface area contributed by atoms with Gasteiger partial charge in [0.2, 0.25) is 5.91 Å². The lowest BCUT2D eigenvalue weighted by Crippen LogP contribution is -2.11. The minimum Gasteiger partial charge on any atom is -0.453 e. The molecular formula is C20H18N4O5. The minimum atomic E-state index is -0.619. The first-order valence-corrected chi connectivity index (χ1v) is 8.72. The standard InChI is InChI=1S/C20H18N4O5/c1-12(14-5-3-7-16(9-14)22-13(2)25)29-20(26)18-11-21-19(23-18)15-6-4-8-17(10-15)24(27)28/h3-12H,1-2H3,(H,21,23)(H,22,25)/t12-/m1/s1. The summed E-state index contributed by atoms with van der Waals surface area (Å²) in [5.41, 5.74) is 1.84. The van der Waals surface area contributed by atoms with Crippen molar-refractivity contribution in [3.05, 3.63) is 76.1 Å². The molecule has 0 bridgehead atoms. The summed E-state index contributed by atoms with van der Waals surface area (Å²) < 4.78 is 5.46. The first kappa shape index (κ1) is 19.7. The number of imidazole rings is 1. The predicted octanol–water partition coefficient (Wildman–Crippen LogP) is 3.86. The highest BCUT2D eigenvalue weighted by molar-refractivity contribution is 5.89. The molecule has 1 amide bonds. The van der Waals surface area contributed by atoms with E-state index in [1.165, 1.54) is 31.3 Å². The smallest absolute Gasteiger partial charge is 0.357 e. The number of esters is 1. The first-order chi connectivity index (χ1) is 13.8. The molecule has 0 spiro atoms. The maximum Gasteiger partial charge on any atom is 0.357 e. The van der Waals surface area contributed by atoms with Crippen molar-refractivity contribution in [1.29, 1.82) is 0 Å². The molecule has 2 aromatic carbocycles. The van der Waals surface area contributed by atoms with Crippen LogP contribution in [-0.2, 0) is 9.53 Å². The maximum absolute atomic E-state index is 12.4. The average Bonchev–Trinajstić information content (AvgIpc) is 3.18. The number of nitro benzene ring substituents is 1. The predicted molar refractivity (Wildman–Crippen MR) is 105 cm³/mol. The zero-order chi connectivity index (χ0) is 21.0. The number of nitro groups is 1. The molecule has 148 valence electrons. The van der Waals surface area contributed by atoms with Gasteiger partial charge in [0, 0.05) is 30.3 Å². The third-order valence-corrected chi connectivity index (χ3v) is 4.09. The van der Waals surface area contributed by atoms with E-state index in [0.717, 1.165) is 0 Å². The SMILES string of the molecule is CC(=O)Nc1cccc([C@@H](C)OC(=O)c2cnc(-c3cccc([N+](=O)[O-])c3)[nH]2)c1. The summed E-state index contributed by atoms with van der Waals surface area (Å²) in [6.07, 6.45) is 0.748. The van der Waals surface area contributed by atoms with Crippen LogP contribution in [0.2, 0.25) is 0 Å². The normalized spacial score (nSPS) is 11.5. The summed E-state index contributed by atoms with van der Waals surface area (Å²) in [5, 5.41) is 13.6. The Balaban J connectivity index is 1.73. The van der Waals surface area contributed by atoms with E-state index in [1.807, 2.05) is 0 Å². The third-order valence-electron chi connectivity index (χ3n) is 4.09. The minimum absolute atomic E-state index is 0.0734. The van der Waals surface area contributed by atoms with E-state index < -0.39 is 17.0 Å². The molecule has 1 atom stereocenters. The fourth-order valence-electron chi connectivity index (χ4n) is 2.70. The number of rotatable bonds is 6. The second-order valence-corrected chi connectivity index (χ2v) is 6.31. The maximum atomic E-state index is 12.4. The molecule has 9 heteroatoms. The second kappa shape index (κ2) is 8.34. The highest BCUT2D eigenvalue weighted by atomic mass is 16.6. The number of carbonyl (C=O) groups is 2. The number of nitrogens with zero attached hydrogens (tertiary/aromatic N) is 2. The molecule has 3 aromatic rings. The lowest BCUT2D eigenvalue weighted by Gasteiger charge is -2.14. The van der Waals surface area contributed by atoms with Crippen LogP contribution in [0.4, 0.5) is 11.4 Å². The van der Waals surface area contributed by atoms with Crippen molar-refractivity contribution in [3.63, 3.8) is 0 Å².